The van der Waals surface area contributed by atoms with Crippen molar-refractivity contribution in [2.45, 2.75) is 24.9 Å². The van der Waals surface area contributed by atoms with Crippen LogP contribution in [0.5, 0.6) is 0 Å². The summed E-state index contributed by atoms with van der Waals surface area (Å²) in [6, 6.07) is -0.00825. The molecule has 2 amide bonds. The normalized spacial score (nSPS) is 23.8. The van der Waals surface area contributed by atoms with Crippen LogP contribution in [0.15, 0.2) is 10.3 Å². The molecule has 2 aliphatic rings. The standard InChI is InChI=1S/C8H14N6O.Na.H2O4S/c1-10-13-12-7(9)6-3-2-5-4-14(6)8(15)11-5;;1-5(2,3)4/h5-6H,2-4H2,1H3,(H,11,15)(H2,9,10,12);;(H2,1,2,3,4)/q;+1;/p-1/t5-,6+;;/m1../s1. The second-order valence-electron chi connectivity index (χ2n) is 4.15. The zero-order valence-electron chi connectivity index (χ0n) is 11.6. The maximum atomic E-state index is 11.5. The van der Waals surface area contributed by atoms with Crippen molar-refractivity contribution in [1.29, 1.82) is 5.41 Å². The van der Waals surface area contributed by atoms with Crippen molar-refractivity contribution < 1.29 is 51.9 Å². The Labute approximate surface area is 143 Å². The summed E-state index contributed by atoms with van der Waals surface area (Å²) in [5.74, 6) is 0.233. The predicted octanol–water partition coefficient (Wildman–Crippen LogP) is -3.88. The minimum absolute atomic E-state index is 0. The fraction of sp³-hybridized carbons (Fsp3) is 0.750. The molecule has 13 heteroatoms. The van der Waals surface area contributed by atoms with Crippen molar-refractivity contribution >= 4 is 22.3 Å². The van der Waals surface area contributed by atoms with Crippen LogP contribution < -0.4 is 40.3 Å². The third kappa shape index (κ3) is 7.15. The molecule has 2 bridgehead atoms. The third-order valence-corrected chi connectivity index (χ3v) is 2.77. The Morgan fingerprint density at radius 3 is 2.67 bits per heavy atom. The Morgan fingerprint density at radius 2 is 2.14 bits per heavy atom. The number of amidine groups is 1. The van der Waals surface area contributed by atoms with Gasteiger partial charge in [-0.25, -0.2) is 18.6 Å². The number of hydrogen-bond acceptors (Lipinski definition) is 7. The number of piperidine rings is 1. The maximum Gasteiger partial charge on any atom is 1.00 e. The van der Waals surface area contributed by atoms with Crippen LogP contribution in [-0.4, -0.2) is 60.0 Å². The average molecular weight is 330 g/mol. The van der Waals surface area contributed by atoms with Gasteiger partial charge in [-0.3, -0.25) is 9.96 Å². The molecule has 0 unspecified atom stereocenters. The molecule has 2 saturated heterocycles. The first kappa shape index (κ1) is 20.2. The largest absolute Gasteiger partial charge is 1.00 e. The zero-order chi connectivity index (χ0) is 15.3. The van der Waals surface area contributed by atoms with Gasteiger partial charge in [-0.05, 0) is 12.8 Å². The van der Waals surface area contributed by atoms with Crippen molar-refractivity contribution in [3.05, 3.63) is 0 Å². The van der Waals surface area contributed by atoms with Crippen molar-refractivity contribution in [1.82, 2.24) is 15.6 Å². The molecule has 0 radical (unpaired) electrons. The van der Waals surface area contributed by atoms with Gasteiger partial charge in [-0.15, -0.1) is 0 Å². The van der Waals surface area contributed by atoms with Gasteiger partial charge in [0.25, 0.3) is 0 Å². The van der Waals surface area contributed by atoms with Crippen molar-refractivity contribution in [2.24, 2.45) is 10.3 Å². The average Bonchev–Trinajstić information content (AvgIpc) is 2.60. The van der Waals surface area contributed by atoms with Crippen LogP contribution in [0.1, 0.15) is 12.8 Å². The summed E-state index contributed by atoms with van der Waals surface area (Å²) in [6.45, 7) is 0.691. The van der Waals surface area contributed by atoms with Crippen LogP contribution in [0, 0.1) is 5.41 Å². The van der Waals surface area contributed by atoms with E-state index in [1.807, 2.05) is 0 Å². The quantitative estimate of drug-likeness (QED) is 0.0767. The summed E-state index contributed by atoms with van der Waals surface area (Å²) < 4.78 is 32.8. The van der Waals surface area contributed by atoms with Gasteiger partial charge in [-0.2, -0.15) is 5.11 Å². The molecule has 2 heterocycles. The molecule has 0 aromatic heterocycles. The smallest absolute Gasteiger partial charge is 0.726 e. The Kier molecular flexibility index (Phi) is 8.28. The summed E-state index contributed by atoms with van der Waals surface area (Å²) in [5, 5.41) is 17.7. The first-order chi connectivity index (χ1) is 9.22. The number of rotatable bonds is 2. The van der Waals surface area contributed by atoms with Crippen molar-refractivity contribution in [3.63, 3.8) is 0 Å². The van der Waals surface area contributed by atoms with Gasteiger partial charge < -0.3 is 14.8 Å². The van der Waals surface area contributed by atoms with Crippen LogP contribution in [0.3, 0.4) is 0 Å². The summed E-state index contributed by atoms with van der Waals surface area (Å²) in [5.41, 5.74) is 2.53. The summed E-state index contributed by atoms with van der Waals surface area (Å²) in [4.78, 5) is 13.2. The molecular weight excluding hydrogens is 315 g/mol. The molecule has 2 aliphatic heterocycles. The molecule has 11 nitrogen and oxygen atoms in total. The Bertz CT molecular complexity index is 503. The van der Waals surface area contributed by atoms with Crippen LogP contribution >= 0.6 is 0 Å². The van der Waals surface area contributed by atoms with Gasteiger partial charge in [0.2, 0.25) is 10.4 Å². The first-order valence-corrected chi connectivity index (χ1v) is 6.97. The second-order valence-corrected chi connectivity index (χ2v) is 5.00. The zero-order valence-corrected chi connectivity index (χ0v) is 14.4. The third-order valence-electron chi connectivity index (χ3n) is 2.77. The molecule has 0 aromatic carbocycles. The Morgan fingerprint density at radius 1 is 1.57 bits per heavy atom. The molecule has 0 aliphatic carbocycles. The van der Waals surface area contributed by atoms with Gasteiger partial charge in [0.1, 0.15) is 5.84 Å². The van der Waals surface area contributed by atoms with Crippen molar-refractivity contribution in [3.8, 4) is 0 Å². The molecular formula is C8H15N6NaO5S. The van der Waals surface area contributed by atoms with E-state index in [4.69, 9.17) is 22.9 Å². The van der Waals surface area contributed by atoms with E-state index in [0.29, 0.717) is 6.54 Å². The number of urea groups is 1. The molecule has 2 fully saturated rings. The van der Waals surface area contributed by atoms with Gasteiger partial charge >= 0.3 is 35.6 Å². The second kappa shape index (κ2) is 8.60. The van der Waals surface area contributed by atoms with E-state index in [9.17, 15) is 4.79 Å². The number of amides is 2. The van der Waals surface area contributed by atoms with E-state index in [-0.39, 0.29) is 53.5 Å². The van der Waals surface area contributed by atoms with Gasteiger partial charge in [-0.1, -0.05) is 5.22 Å². The molecule has 0 spiro atoms. The molecule has 2 atom stereocenters. The van der Waals surface area contributed by atoms with Crippen LogP contribution in [0.2, 0.25) is 0 Å². The van der Waals surface area contributed by atoms with Crippen molar-refractivity contribution in [2.75, 3.05) is 13.6 Å². The number of nitrogens with one attached hydrogen (secondary N) is 3. The molecule has 114 valence electrons. The fourth-order valence-electron chi connectivity index (χ4n) is 2.05. The minimum atomic E-state index is -4.92. The predicted molar refractivity (Wildman–Crippen MR) is 66.0 cm³/mol. The van der Waals surface area contributed by atoms with Crippen LogP contribution in [-0.2, 0) is 10.4 Å². The molecule has 4 N–H and O–H groups in total. The van der Waals surface area contributed by atoms with Gasteiger partial charge in [0.15, 0.2) is 0 Å². The molecule has 2 rings (SSSR count). The first-order valence-electron chi connectivity index (χ1n) is 5.61. The minimum Gasteiger partial charge on any atom is -0.726 e. The number of carbonyl (C=O) groups excluding carboxylic acids is 1. The maximum absolute atomic E-state index is 11.5. The number of fused-ring (bicyclic) bond motifs is 2. The molecule has 0 aromatic rings. The monoisotopic (exact) mass is 330 g/mol. The summed E-state index contributed by atoms with van der Waals surface area (Å²) >= 11 is 0. The van der Waals surface area contributed by atoms with E-state index in [1.54, 1.807) is 4.90 Å². The van der Waals surface area contributed by atoms with E-state index in [2.05, 4.69) is 21.1 Å². The van der Waals surface area contributed by atoms with Gasteiger partial charge in [0.05, 0.1) is 13.1 Å². The summed E-state index contributed by atoms with van der Waals surface area (Å²) in [7, 11) is -3.39. The Hall–Kier alpha value is -0.790. The van der Waals surface area contributed by atoms with Crippen LogP contribution in [0.4, 0.5) is 4.79 Å². The SMILES string of the molecule is CN=NNC(=N)[C@@H]1CC[C@@H]2CN1C(=O)N2.O=S(=O)([O-])O.[Na+]. The molecule has 0 saturated carbocycles. The number of carbonyl (C=O) groups is 1. The molecule has 21 heavy (non-hydrogen) atoms. The van der Waals surface area contributed by atoms with E-state index in [1.165, 1.54) is 7.05 Å². The topological polar surface area (TPSA) is 170 Å². The number of nitrogens with zero attached hydrogens (tertiary/aromatic N) is 3. The van der Waals surface area contributed by atoms with E-state index >= 15 is 0 Å². The fourth-order valence-corrected chi connectivity index (χ4v) is 2.05. The van der Waals surface area contributed by atoms with E-state index < -0.39 is 10.4 Å². The Balaban J connectivity index is 0.000000583. The van der Waals surface area contributed by atoms with E-state index in [0.717, 1.165) is 12.8 Å². The van der Waals surface area contributed by atoms with Crippen LogP contribution in [0.25, 0.3) is 0 Å². The summed E-state index contributed by atoms with van der Waals surface area (Å²) in [6.07, 6.45) is 1.72. The number of hydrogen-bond donors (Lipinski definition) is 4. The van der Waals surface area contributed by atoms with Gasteiger partial charge in [0, 0.05) is 12.6 Å².